The van der Waals surface area contributed by atoms with Gasteiger partial charge in [-0.2, -0.15) is 0 Å². The number of thiophene rings is 2. The van der Waals surface area contributed by atoms with Gasteiger partial charge in [-0.15, -0.1) is 0 Å². The van der Waals surface area contributed by atoms with Crippen LogP contribution in [-0.2, 0) is 12.8 Å². The van der Waals surface area contributed by atoms with Crippen molar-refractivity contribution < 1.29 is 0 Å². The van der Waals surface area contributed by atoms with Gasteiger partial charge in [0.25, 0.3) is 0 Å². The Labute approximate surface area is 252 Å². The van der Waals surface area contributed by atoms with Crippen molar-refractivity contribution in [2.24, 2.45) is 11.8 Å². The first kappa shape index (κ1) is 34.3. The van der Waals surface area contributed by atoms with Crippen LogP contribution in [0.15, 0.2) is 12.1 Å². The zero-order valence-corrected chi connectivity index (χ0v) is 33.5. The molecule has 0 amide bonds. The van der Waals surface area contributed by atoms with Gasteiger partial charge in [0.05, 0.1) is 0 Å². The SMILES string of the molecule is CCCCC(CC)Cc1c[c]([Sn]([CH3])([CH3])[CH3])sc1C#CC#Cc1s[c]([Sn]([CH3])([CH3])[CH3])cc1CC(CC)CCCC. The van der Waals surface area contributed by atoms with Crippen LogP contribution in [0.5, 0.6) is 0 Å². The molecule has 2 heterocycles. The zero-order valence-electron chi connectivity index (χ0n) is 26.2. The molecule has 0 aliphatic carbocycles. The van der Waals surface area contributed by atoms with Gasteiger partial charge < -0.3 is 0 Å². The third-order valence-corrected chi connectivity index (χ3v) is 28.7. The Balaban J connectivity index is 2.37. The zero-order chi connectivity index (χ0) is 28.3. The van der Waals surface area contributed by atoms with E-state index < -0.39 is 36.8 Å². The molecule has 0 bridgehead atoms. The van der Waals surface area contributed by atoms with Crippen LogP contribution in [0.1, 0.15) is 99.9 Å². The summed E-state index contributed by atoms with van der Waals surface area (Å²) in [4.78, 5) is 17.7. The molecule has 0 aliphatic heterocycles. The predicted molar refractivity (Wildman–Crippen MR) is 182 cm³/mol. The summed E-state index contributed by atoms with van der Waals surface area (Å²) in [6.07, 6.45) is 12.8. The van der Waals surface area contributed by atoms with Crippen molar-refractivity contribution in [3.63, 3.8) is 0 Å². The molecule has 4 heteroatoms. The molecule has 2 aromatic rings. The second kappa shape index (κ2) is 16.5. The van der Waals surface area contributed by atoms with E-state index in [1.54, 1.807) is 5.79 Å². The number of hydrogen-bond donors (Lipinski definition) is 0. The van der Waals surface area contributed by atoms with Crippen LogP contribution in [0.25, 0.3) is 0 Å². The summed E-state index contributed by atoms with van der Waals surface area (Å²) in [6, 6.07) is 5.07. The van der Waals surface area contributed by atoms with E-state index in [1.165, 1.54) is 85.1 Å². The molecule has 0 fully saturated rings. The molecule has 0 saturated heterocycles. The molecule has 0 N–H and O–H groups in total. The fourth-order valence-electron chi connectivity index (χ4n) is 4.80. The molecule has 0 aliphatic rings. The van der Waals surface area contributed by atoms with E-state index in [4.69, 9.17) is 0 Å². The summed E-state index contributed by atoms with van der Waals surface area (Å²) in [6.45, 7) is 9.32. The number of unbranched alkanes of at least 4 members (excludes halogenated alkanes) is 2. The van der Waals surface area contributed by atoms with Gasteiger partial charge in [0, 0.05) is 0 Å². The van der Waals surface area contributed by atoms with Gasteiger partial charge in [-0.25, -0.2) is 0 Å². The second-order valence-corrected chi connectivity index (χ2v) is 46.1. The third kappa shape index (κ3) is 11.2. The Morgan fingerprint density at radius 1 is 0.632 bits per heavy atom. The maximum absolute atomic E-state index is 3.54. The van der Waals surface area contributed by atoms with Crippen LogP contribution in [0.2, 0.25) is 29.6 Å². The van der Waals surface area contributed by atoms with E-state index in [9.17, 15) is 0 Å². The Kier molecular flexibility index (Phi) is 14.9. The van der Waals surface area contributed by atoms with Gasteiger partial charge in [-0.1, -0.05) is 0 Å². The third-order valence-electron chi connectivity index (χ3n) is 7.61. The molecular weight excluding hydrogens is 710 g/mol. The predicted octanol–water partition coefficient (Wildman–Crippen LogP) is 9.82. The quantitative estimate of drug-likeness (QED) is 0.133. The van der Waals surface area contributed by atoms with Crippen LogP contribution in [0.3, 0.4) is 0 Å². The van der Waals surface area contributed by atoms with Crippen LogP contribution >= 0.6 is 22.7 Å². The first-order chi connectivity index (χ1) is 17.9. The summed E-state index contributed by atoms with van der Waals surface area (Å²) in [5.41, 5.74) is 2.99. The fourth-order valence-corrected chi connectivity index (χ4v) is 17.5. The standard InChI is InChI=1S/C28H36S2.6CH3.2Sn/c1-5-9-13-23(7-3)21-25-17-19-29-27(25)15-11-12-16-28-26(18-20-30-28)22-24(8-4)14-10-6-2;;;;;;;;/h17-18,23-24H,5-10,13-14,21-22H2,1-4H3;6*1H3;;. The molecule has 2 rings (SSSR count). The molecule has 210 valence electrons. The van der Waals surface area contributed by atoms with E-state index in [-0.39, 0.29) is 0 Å². The van der Waals surface area contributed by atoms with E-state index in [0.29, 0.717) is 0 Å². The van der Waals surface area contributed by atoms with Crippen molar-refractivity contribution in [3.05, 3.63) is 33.0 Å². The Morgan fingerprint density at radius 2 is 1.00 bits per heavy atom. The first-order valence-electron chi connectivity index (χ1n) is 15.2. The molecule has 2 aromatic heterocycles. The van der Waals surface area contributed by atoms with Crippen molar-refractivity contribution in [1.82, 2.24) is 0 Å². The molecule has 0 spiro atoms. The van der Waals surface area contributed by atoms with Crippen molar-refractivity contribution in [1.29, 1.82) is 0 Å². The van der Waals surface area contributed by atoms with E-state index in [0.717, 1.165) is 11.8 Å². The summed E-state index contributed by atoms with van der Waals surface area (Å²) in [5.74, 6) is 15.3. The van der Waals surface area contributed by atoms with Crippen LogP contribution in [0, 0.1) is 35.5 Å². The number of rotatable bonds is 14. The second-order valence-electron chi connectivity index (χ2n) is 13.2. The van der Waals surface area contributed by atoms with Crippen molar-refractivity contribution in [2.45, 2.75) is 122 Å². The van der Waals surface area contributed by atoms with E-state index >= 15 is 0 Å². The van der Waals surface area contributed by atoms with Gasteiger partial charge in [0.2, 0.25) is 0 Å². The fraction of sp³-hybridized carbons (Fsp3) is 0.647. The topological polar surface area (TPSA) is 0 Å². The molecule has 38 heavy (non-hydrogen) atoms. The monoisotopic (exact) mass is 766 g/mol. The molecule has 0 radical (unpaired) electrons. The normalized spacial score (nSPS) is 13.4. The Morgan fingerprint density at radius 3 is 1.29 bits per heavy atom. The molecule has 2 unspecified atom stereocenters. The summed E-state index contributed by atoms with van der Waals surface area (Å²) >= 11 is -0.312. The summed E-state index contributed by atoms with van der Waals surface area (Å²) in [5, 5.41) is 0. The summed E-state index contributed by atoms with van der Waals surface area (Å²) in [7, 11) is 0. The summed E-state index contributed by atoms with van der Waals surface area (Å²) < 4.78 is 3.30. The van der Waals surface area contributed by atoms with Crippen molar-refractivity contribution >= 4 is 65.2 Å². The minimum atomic E-state index is -2.14. The Bertz CT molecular complexity index is 1030. The van der Waals surface area contributed by atoms with Gasteiger partial charge in [-0.05, 0) is 0 Å². The molecule has 0 saturated carbocycles. The molecule has 0 aromatic carbocycles. The van der Waals surface area contributed by atoms with E-state index in [1.807, 2.05) is 22.7 Å². The van der Waals surface area contributed by atoms with Gasteiger partial charge in [-0.3, -0.25) is 0 Å². The van der Waals surface area contributed by atoms with Crippen LogP contribution in [-0.4, -0.2) is 36.8 Å². The first-order valence-corrected chi connectivity index (χ1v) is 36.8. The van der Waals surface area contributed by atoms with Gasteiger partial charge in [0.15, 0.2) is 0 Å². The van der Waals surface area contributed by atoms with Gasteiger partial charge in [0.1, 0.15) is 0 Å². The average molecular weight is 764 g/mol. The molecular formula is C34H54S2Sn2. The van der Waals surface area contributed by atoms with Crippen LogP contribution in [0.4, 0.5) is 0 Å². The van der Waals surface area contributed by atoms with Crippen molar-refractivity contribution in [3.8, 4) is 23.7 Å². The van der Waals surface area contributed by atoms with E-state index in [2.05, 4.69) is 93.1 Å². The minimum absolute atomic E-state index is 0.772. The van der Waals surface area contributed by atoms with Crippen molar-refractivity contribution in [2.75, 3.05) is 0 Å². The number of hydrogen-bond acceptors (Lipinski definition) is 2. The average Bonchev–Trinajstić information content (AvgIpc) is 3.46. The molecule has 2 atom stereocenters. The Hall–Kier alpha value is 0.117. The van der Waals surface area contributed by atoms with Crippen LogP contribution < -0.4 is 5.79 Å². The maximum atomic E-state index is 3.54. The molecule has 0 nitrogen and oxygen atoms in total. The van der Waals surface area contributed by atoms with Gasteiger partial charge >= 0.3 is 255 Å².